The monoisotopic (exact) mass is 189 g/mol. The zero-order valence-corrected chi connectivity index (χ0v) is 7.42. The number of furan rings is 1. The zero-order chi connectivity index (χ0) is 8.97. The lowest BCUT2D eigenvalue weighted by molar-refractivity contribution is 0.276. The molecule has 0 bridgehead atoms. The second-order valence-corrected chi connectivity index (χ2v) is 2.99. The fourth-order valence-electron chi connectivity index (χ4n) is 0.981. The maximum Gasteiger partial charge on any atom is 0.193 e. The molecule has 0 amide bonds. The van der Waals surface area contributed by atoms with Crippen LogP contribution in [0.4, 0.5) is 0 Å². The predicted molar refractivity (Wildman–Crippen MR) is 47.0 cm³/mol. The van der Waals surface area contributed by atoms with Gasteiger partial charge in [-0.3, -0.25) is 0 Å². The summed E-state index contributed by atoms with van der Waals surface area (Å²) in [5.41, 5.74) is 5.73. The maximum atomic E-state index is 8.56. The molecule has 0 fully saturated rings. The lowest BCUT2D eigenvalue weighted by atomic mass is 10.1. The van der Waals surface area contributed by atoms with Gasteiger partial charge in [0.2, 0.25) is 0 Å². The van der Waals surface area contributed by atoms with E-state index in [-0.39, 0.29) is 12.6 Å². The van der Waals surface area contributed by atoms with Gasteiger partial charge in [-0.05, 0) is 36.6 Å². The Bertz CT molecular complexity index is 237. The molecule has 1 aromatic heterocycles. The van der Waals surface area contributed by atoms with Crippen LogP contribution in [-0.2, 0) is 0 Å². The molecule has 1 rings (SSSR count). The summed E-state index contributed by atoms with van der Waals surface area (Å²) in [4.78, 5) is 0. The van der Waals surface area contributed by atoms with Crippen LogP contribution in [-0.4, -0.2) is 11.7 Å². The second-order valence-electron chi connectivity index (χ2n) is 2.61. The van der Waals surface area contributed by atoms with Crippen LogP contribution >= 0.6 is 11.6 Å². The Balaban J connectivity index is 2.47. The van der Waals surface area contributed by atoms with Crippen molar-refractivity contribution in [1.82, 2.24) is 0 Å². The van der Waals surface area contributed by atoms with Crippen molar-refractivity contribution in [2.24, 2.45) is 5.73 Å². The minimum atomic E-state index is -0.162. The van der Waals surface area contributed by atoms with Crippen molar-refractivity contribution >= 4 is 11.6 Å². The Hall–Kier alpha value is -0.510. The van der Waals surface area contributed by atoms with Gasteiger partial charge in [0.25, 0.3) is 0 Å². The number of rotatable bonds is 4. The molecular formula is C8H12ClNO2. The Labute approximate surface area is 76.1 Å². The molecule has 0 radical (unpaired) electrons. The van der Waals surface area contributed by atoms with Crippen molar-refractivity contribution < 1.29 is 9.52 Å². The molecule has 12 heavy (non-hydrogen) atoms. The van der Waals surface area contributed by atoms with Gasteiger partial charge in [-0.2, -0.15) is 0 Å². The van der Waals surface area contributed by atoms with Crippen LogP contribution in [0, 0.1) is 0 Å². The highest BCUT2D eigenvalue weighted by atomic mass is 35.5. The summed E-state index contributed by atoms with van der Waals surface area (Å²) in [6, 6.07) is 3.25. The Morgan fingerprint density at radius 1 is 1.58 bits per heavy atom. The van der Waals surface area contributed by atoms with Crippen LogP contribution in [0.3, 0.4) is 0 Å². The summed E-state index contributed by atoms with van der Waals surface area (Å²) in [6.45, 7) is 0.155. The molecule has 0 aliphatic rings. The normalized spacial score (nSPS) is 13.2. The van der Waals surface area contributed by atoms with Crippen molar-refractivity contribution in [3.63, 3.8) is 0 Å². The molecule has 0 spiro atoms. The van der Waals surface area contributed by atoms with Crippen LogP contribution < -0.4 is 5.73 Å². The second kappa shape index (κ2) is 4.50. The highest BCUT2D eigenvalue weighted by Crippen LogP contribution is 2.21. The number of hydrogen-bond acceptors (Lipinski definition) is 3. The minimum absolute atomic E-state index is 0.155. The molecule has 0 saturated heterocycles. The molecule has 0 aliphatic carbocycles. The van der Waals surface area contributed by atoms with Gasteiger partial charge in [0.15, 0.2) is 5.22 Å². The first kappa shape index (κ1) is 9.58. The summed E-state index contributed by atoms with van der Waals surface area (Å²) in [5.74, 6) is 0.674. The van der Waals surface area contributed by atoms with Gasteiger partial charge < -0.3 is 15.3 Å². The van der Waals surface area contributed by atoms with Crippen molar-refractivity contribution in [2.75, 3.05) is 6.61 Å². The average molecular weight is 190 g/mol. The quantitative estimate of drug-likeness (QED) is 0.758. The van der Waals surface area contributed by atoms with Crippen LogP contribution in [0.5, 0.6) is 0 Å². The van der Waals surface area contributed by atoms with E-state index in [0.29, 0.717) is 23.8 Å². The Morgan fingerprint density at radius 2 is 2.33 bits per heavy atom. The Kier molecular flexibility index (Phi) is 3.59. The van der Waals surface area contributed by atoms with E-state index in [1.807, 2.05) is 0 Å². The van der Waals surface area contributed by atoms with E-state index in [1.165, 1.54) is 0 Å². The SMILES string of the molecule is N[C@H](CCCO)c1ccc(Cl)o1. The van der Waals surface area contributed by atoms with Crippen molar-refractivity contribution in [2.45, 2.75) is 18.9 Å². The first-order valence-electron chi connectivity index (χ1n) is 3.85. The smallest absolute Gasteiger partial charge is 0.193 e. The third-order valence-electron chi connectivity index (χ3n) is 1.63. The van der Waals surface area contributed by atoms with Gasteiger partial charge >= 0.3 is 0 Å². The lowest BCUT2D eigenvalue weighted by Crippen LogP contribution is -2.09. The highest BCUT2D eigenvalue weighted by molar-refractivity contribution is 6.28. The zero-order valence-electron chi connectivity index (χ0n) is 6.66. The van der Waals surface area contributed by atoms with E-state index in [9.17, 15) is 0 Å². The van der Waals surface area contributed by atoms with E-state index < -0.39 is 0 Å². The molecule has 3 nitrogen and oxygen atoms in total. The van der Waals surface area contributed by atoms with E-state index in [0.717, 1.165) is 0 Å². The first-order chi connectivity index (χ1) is 5.74. The molecule has 4 heteroatoms. The van der Waals surface area contributed by atoms with Crippen molar-refractivity contribution in [1.29, 1.82) is 0 Å². The summed E-state index contributed by atoms with van der Waals surface area (Å²) in [7, 11) is 0. The molecule has 1 atom stereocenters. The largest absolute Gasteiger partial charge is 0.448 e. The number of aliphatic hydroxyl groups is 1. The van der Waals surface area contributed by atoms with Gasteiger partial charge in [-0.25, -0.2) is 0 Å². The summed E-state index contributed by atoms with van der Waals surface area (Å²) < 4.78 is 5.10. The number of aliphatic hydroxyl groups excluding tert-OH is 1. The maximum absolute atomic E-state index is 8.56. The molecular weight excluding hydrogens is 178 g/mol. The Morgan fingerprint density at radius 3 is 2.83 bits per heavy atom. The average Bonchev–Trinajstić information content (AvgIpc) is 2.47. The molecule has 1 heterocycles. The molecule has 0 aliphatic heterocycles. The van der Waals surface area contributed by atoms with Gasteiger partial charge in [-0.1, -0.05) is 0 Å². The van der Waals surface area contributed by atoms with E-state index >= 15 is 0 Å². The van der Waals surface area contributed by atoms with Gasteiger partial charge in [-0.15, -0.1) is 0 Å². The third kappa shape index (κ3) is 2.52. The standard InChI is InChI=1S/C8H12ClNO2/c9-8-4-3-7(12-8)6(10)2-1-5-11/h3-4,6,11H,1-2,5,10H2/t6-/m1/s1. The third-order valence-corrected chi connectivity index (χ3v) is 1.84. The summed E-state index contributed by atoms with van der Waals surface area (Å²) >= 11 is 5.57. The van der Waals surface area contributed by atoms with Gasteiger partial charge in [0.05, 0.1) is 6.04 Å². The van der Waals surface area contributed by atoms with E-state index in [2.05, 4.69) is 0 Å². The van der Waals surface area contributed by atoms with E-state index in [4.69, 9.17) is 26.9 Å². The molecule has 0 saturated carbocycles. The van der Waals surface area contributed by atoms with Gasteiger partial charge in [0, 0.05) is 6.61 Å². The van der Waals surface area contributed by atoms with Crippen LogP contribution in [0.25, 0.3) is 0 Å². The summed E-state index contributed by atoms with van der Waals surface area (Å²) in [6.07, 6.45) is 1.39. The number of halogens is 1. The van der Waals surface area contributed by atoms with Crippen LogP contribution in [0.15, 0.2) is 16.5 Å². The minimum Gasteiger partial charge on any atom is -0.448 e. The predicted octanol–water partition coefficient (Wildman–Crippen LogP) is 1.71. The molecule has 1 aromatic rings. The number of hydrogen-bond donors (Lipinski definition) is 2. The van der Waals surface area contributed by atoms with Crippen molar-refractivity contribution in [3.8, 4) is 0 Å². The van der Waals surface area contributed by atoms with Crippen LogP contribution in [0.1, 0.15) is 24.6 Å². The fraction of sp³-hybridized carbons (Fsp3) is 0.500. The molecule has 68 valence electrons. The summed E-state index contributed by atoms with van der Waals surface area (Å²) in [5, 5.41) is 8.91. The topological polar surface area (TPSA) is 59.4 Å². The number of nitrogens with two attached hydrogens (primary N) is 1. The molecule has 0 aromatic carbocycles. The van der Waals surface area contributed by atoms with Crippen LogP contribution in [0.2, 0.25) is 5.22 Å². The highest BCUT2D eigenvalue weighted by Gasteiger charge is 2.09. The molecule has 3 N–H and O–H groups in total. The molecule has 0 unspecified atom stereocenters. The lowest BCUT2D eigenvalue weighted by Gasteiger charge is -2.05. The van der Waals surface area contributed by atoms with Gasteiger partial charge in [0.1, 0.15) is 5.76 Å². The fourth-order valence-corrected chi connectivity index (χ4v) is 1.13. The first-order valence-corrected chi connectivity index (χ1v) is 4.23. The van der Waals surface area contributed by atoms with E-state index in [1.54, 1.807) is 12.1 Å². The van der Waals surface area contributed by atoms with Crippen molar-refractivity contribution in [3.05, 3.63) is 23.1 Å².